The van der Waals surface area contributed by atoms with Crippen LogP contribution in [0.2, 0.25) is 0 Å². The van der Waals surface area contributed by atoms with Crippen LogP contribution in [0.15, 0.2) is 12.1 Å². The first-order valence-corrected chi connectivity index (χ1v) is 11.9. The van der Waals surface area contributed by atoms with Gasteiger partial charge in [-0.25, -0.2) is 4.79 Å². The summed E-state index contributed by atoms with van der Waals surface area (Å²) in [7, 11) is 1.59. The van der Waals surface area contributed by atoms with Crippen molar-refractivity contribution in [3.63, 3.8) is 0 Å². The molecule has 1 N–H and O–H groups in total. The van der Waals surface area contributed by atoms with Crippen LogP contribution in [-0.4, -0.2) is 83.8 Å². The van der Waals surface area contributed by atoms with Crippen molar-refractivity contribution < 1.29 is 29.0 Å². The van der Waals surface area contributed by atoms with Crippen LogP contribution in [0, 0.1) is 11.3 Å². The first-order valence-electron chi connectivity index (χ1n) is 11.9. The van der Waals surface area contributed by atoms with E-state index in [4.69, 9.17) is 9.47 Å². The Balaban J connectivity index is 2.04. The summed E-state index contributed by atoms with van der Waals surface area (Å²) in [6, 6.07) is 4.64. The van der Waals surface area contributed by atoms with Gasteiger partial charge < -0.3 is 29.3 Å². The molecule has 0 bridgehead atoms. The van der Waals surface area contributed by atoms with E-state index in [1.807, 2.05) is 13.8 Å². The van der Waals surface area contributed by atoms with Gasteiger partial charge in [0.1, 0.15) is 11.8 Å². The van der Waals surface area contributed by atoms with Crippen LogP contribution in [0.1, 0.15) is 62.9 Å². The second kappa shape index (κ2) is 10.5. The number of fused-ring (bicyclic) bond motifs is 1. The first-order chi connectivity index (χ1) is 16.5. The minimum absolute atomic E-state index is 0.146. The van der Waals surface area contributed by atoms with Gasteiger partial charge >= 0.3 is 6.09 Å². The van der Waals surface area contributed by atoms with E-state index < -0.39 is 11.7 Å². The van der Waals surface area contributed by atoms with Crippen molar-refractivity contribution in [3.05, 3.63) is 23.3 Å². The minimum Gasteiger partial charge on any atom is -0.476 e. The van der Waals surface area contributed by atoms with E-state index in [0.29, 0.717) is 50.4 Å². The molecule has 35 heavy (non-hydrogen) atoms. The first kappa shape index (κ1) is 26.3. The molecule has 2 heterocycles. The van der Waals surface area contributed by atoms with Crippen LogP contribution in [0.25, 0.3) is 0 Å². The fourth-order valence-electron chi connectivity index (χ4n) is 4.79. The third kappa shape index (κ3) is 5.35. The molecule has 0 radical (unpaired) electrons. The number of nitriles is 1. The largest absolute Gasteiger partial charge is 0.476 e. The molecule has 2 aliphatic heterocycles. The number of carbonyl (C=O) groups excluding carboxylic acids is 2. The number of piperidine rings is 1. The summed E-state index contributed by atoms with van der Waals surface area (Å²) in [4.78, 5) is 43.1. The van der Waals surface area contributed by atoms with Gasteiger partial charge in [0.25, 0.3) is 11.8 Å². The molecular formula is C25H34N4O6. The van der Waals surface area contributed by atoms with E-state index in [-0.39, 0.29) is 41.6 Å². The molecule has 1 aromatic rings. The van der Waals surface area contributed by atoms with Crippen molar-refractivity contribution in [2.45, 2.75) is 64.6 Å². The van der Waals surface area contributed by atoms with E-state index in [1.165, 1.54) is 11.0 Å². The maximum atomic E-state index is 13.8. The number of benzene rings is 1. The molecule has 1 fully saturated rings. The number of hydrogen-bond donors (Lipinski definition) is 1. The Hall–Kier alpha value is -3.32. The Morgan fingerprint density at radius 1 is 1.37 bits per heavy atom. The summed E-state index contributed by atoms with van der Waals surface area (Å²) in [6.07, 6.45) is 0.890. The highest BCUT2D eigenvalue weighted by atomic mass is 16.5. The van der Waals surface area contributed by atoms with E-state index in [2.05, 4.69) is 6.07 Å². The summed E-state index contributed by atoms with van der Waals surface area (Å²) < 4.78 is 11.1. The van der Waals surface area contributed by atoms with Crippen molar-refractivity contribution in [2.24, 2.45) is 0 Å². The molecule has 10 heteroatoms. The van der Waals surface area contributed by atoms with Gasteiger partial charge in [-0.3, -0.25) is 9.59 Å². The Morgan fingerprint density at radius 2 is 2.09 bits per heavy atom. The fourth-order valence-corrected chi connectivity index (χ4v) is 4.79. The summed E-state index contributed by atoms with van der Waals surface area (Å²) in [5.74, 6) is -0.244. The molecule has 1 aromatic carbocycles. The number of carboxylic acid groups (broad SMARTS) is 1. The monoisotopic (exact) mass is 486 g/mol. The van der Waals surface area contributed by atoms with Crippen LogP contribution in [0.4, 0.5) is 10.5 Å². The quantitative estimate of drug-likeness (QED) is 0.588. The zero-order valence-corrected chi connectivity index (χ0v) is 21.0. The Labute approximate surface area is 206 Å². The molecule has 3 rings (SSSR count). The maximum Gasteiger partial charge on any atom is 0.407 e. The van der Waals surface area contributed by atoms with Gasteiger partial charge in [-0.2, -0.15) is 5.26 Å². The van der Waals surface area contributed by atoms with Crippen LogP contribution in [-0.2, 0) is 9.53 Å². The number of rotatable bonds is 7. The molecule has 1 saturated heterocycles. The van der Waals surface area contributed by atoms with Gasteiger partial charge in [-0.05, 0) is 53.0 Å². The Kier molecular flexibility index (Phi) is 7.90. The van der Waals surface area contributed by atoms with Gasteiger partial charge in [-0.1, -0.05) is 0 Å². The highest BCUT2D eigenvalue weighted by Gasteiger charge is 2.42. The molecule has 0 unspecified atom stereocenters. The number of nitrogens with zero attached hydrogens (tertiary/aromatic N) is 4. The summed E-state index contributed by atoms with van der Waals surface area (Å²) in [5.41, 5.74) is -0.371. The number of ether oxygens (including phenoxy) is 2. The number of hydrogen-bond acceptors (Lipinski definition) is 6. The van der Waals surface area contributed by atoms with Crippen molar-refractivity contribution in [1.82, 2.24) is 9.80 Å². The van der Waals surface area contributed by atoms with Crippen LogP contribution in [0.3, 0.4) is 0 Å². The van der Waals surface area contributed by atoms with Crippen molar-refractivity contribution in [2.75, 3.05) is 38.3 Å². The van der Waals surface area contributed by atoms with Gasteiger partial charge in [0.05, 0.1) is 22.9 Å². The lowest BCUT2D eigenvalue weighted by molar-refractivity contribution is -0.132. The number of methoxy groups -OCH3 is 1. The van der Waals surface area contributed by atoms with E-state index >= 15 is 0 Å². The predicted molar refractivity (Wildman–Crippen MR) is 129 cm³/mol. The lowest BCUT2D eigenvalue weighted by Gasteiger charge is -2.41. The lowest BCUT2D eigenvalue weighted by atomic mass is 9.97. The molecule has 0 spiro atoms. The zero-order chi connectivity index (χ0) is 25.9. The fraction of sp³-hybridized carbons (Fsp3) is 0.600. The van der Waals surface area contributed by atoms with Crippen LogP contribution >= 0.6 is 0 Å². The second-order valence-corrected chi connectivity index (χ2v) is 9.72. The van der Waals surface area contributed by atoms with Gasteiger partial charge in [-0.15, -0.1) is 0 Å². The Bertz CT molecular complexity index is 1030. The maximum absolute atomic E-state index is 13.8. The van der Waals surface area contributed by atoms with E-state index in [0.717, 1.165) is 0 Å². The molecule has 10 nitrogen and oxygen atoms in total. The molecule has 2 aliphatic rings. The van der Waals surface area contributed by atoms with Crippen molar-refractivity contribution >= 4 is 23.6 Å². The van der Waals surface area contributed by atoms with Crippen LogP contribution < -0.4 is 9.64 Å². The normalized spacial score (nSPS) is 19.1. The smallest absolute Gasteiger partial charge is 0.407 e. The predicted octanol–water partition coefficient (Wildman–Crippen LogP) is 3.09. The van der Waals surface area contributed by atoms with E-state index in [9.17, 15) is 24.8 Å². The summed E-state index contributed by atoms with van der Waals surface area (Å²) in [6.45, 7) is 8.56. The zero-order valence-electron chi connectivity index (χ0n) is 21.0. The Morgan fingerprint density at radius 3 is 2.69 bits per heavy atom. The highest BCUT2D eigenvalue weighted by molar-refractivity contribution is 6.05. The molecule has 3 amide bonds. The van der Waals surface area contributed by atoms with Gasteiger partial charge in [0, 0.05) is 45.5 Å². The summed E-state index contributed by atoms with van der Waals surface area (Å²) in [5, 5.41) is 19.3. The number of anilines is 1. The SMILES string of the molecule is COCCCN1C(=O)C(C)(C)Oc2cc(C#N)c(C(=O)N(C(C)C)[C@@H]3CCCN(C(=O)O)C3)cc21. The third-order valence-corrected chi connectivity index (χ3v) is 6.45. The topological polar surface area (TPSA) is 123 Å². The molecule has 0 aliphatic carbocycles. The van der Waals surface area contributed by atoms with Gasteiger partial charge in [0.2, 0.25) is 0 Å². The molecule has 0 aromatic heterocycles. The van der Waals surface area contributed by atoms with Gasteiger partial charge in [0.15, 0.2) is 5.60 Å². The van der Waals surface area contributed by atoms with E-state index in [1.54, 1.807) is 36.8 Å². The highest BCUT2D eigenvalue weighted by Crippen LogP contribution is 2.40. The number of likely N-dealkylation sites (tertiary alicyclic amines) is 1. The average Bonchev–Trinajstić information content (AvgIpc) is 2.80. The second-order valence-electron chi connectivity index (χ2n) is 9.72. The van der Waals surface area contributed by atoms with Crippen molar-refractivity contribution in [1.29, 1.82) is 5.26 Å². The average molecular weight is 487 g/mol. The molecule has 1 atom stereocenters. The number of amides is 3. The summed E-state index contributed by atoms with van der Waals surface area (Å²) >= 11 is 0. The lowest BCUT2D eigenvalue weighted by Crippen LogP contribution is -2.54. The molecule has 190 valence electrons. The molecular weight excluding hydrogens is 452 g/mol. The standard InChI is InChI=1S/C25H34N4O6/c1-16(2)29(18-8-6-9-27(15-18)24(32)33)22(30)19-13-20-21(12-17(19)14-26)35-25(3,4)23(31)28(20)10-7-11-34-5/h12-13,16,18H,6-11,15H2,1-5H3,(H,32,33)/t18-/m1/s1. The number of carbonyl (C=O) groups is 3. The third-order valence-electron chi connectivity index (χ3n) is 6.45. The minimum atomic E-state index is -1.12. The van der Waals surface area contributed by atoms with Crippen molar-refractivity contribution in [3.8, 4) is 11.8 Å². The molecule has 0 saturated carbocycles. The van der Waals surface area contributed by atoms with Crippen LogP contribution in [0.5, 0.6) is 5.75 Å².